The molecule has 0 radical (unpaired) electrons. The third-order valence-electron chi connectivity index (χ3n) is 2.68. The summed E-state index contributed by atoms with van der Waals surface area (Å²) < 4.78 is 27.4. The first-order chi connectivity index (χ1) is 7.95. The van der Waals surface area contributed by atoms with E-state index in [-0.39, 0.29) is 11.1 Å². The lowest BCUT2D eigenvalue weighted by atomic mass is 9.91. The molecule has 1 rings (SSSR count). The first-order valence-electron chi connectivity index (χ1n) is 5.35. The van der Waals surface area contributed by atoms with Crippen molar-refractivity contribution >= 4 is 11.6 Å². The van der Waals surface area contributed by atoms with Crippen molar-refractivity contribution in [2.75, 3.05) is 0 Å². The highest BCUT2D eigenvalue weighted by atomic mass is 19.2. The van der Waals surface area contributed by atoms with Crippen LogP contribution in [0.25, 0.3) is 11.6 Å². The molecule has 1 aromatic rings. The van der Waals surface area contributed by atoms with Crippen LogP contribution in [0.3, 0.4) is 0 Å². The van der Waals surface area contributed by atoms with Crippen LogP contribution in [0.5, 0.6) is 0 Å². The van der Waals surface area contributed by atoms with Crippen LogP contribution in [0.4, 0.5) is 8.78 Å². The van der Waals surface area contributed by atoms with Gasteiger partial charge in [0.05, 0.1) is 6.61 Å². The lowest BCUT2D eigenvalue weighted by molar-refractivity contribution is 0.273. The third-order valence-corrected chi connectivity index (χ3v) is 2.68. The van der Waals surface area contributed by atoms with Crippen molar-refractivity contribution in [3.63, 3.8) is 0 Å². The molecule has 0 saturated heterocycles. The van der Waals surface area contributed by atoms with Crippen LogP contribution in [0.1, 0.15) is 36.1 Å². The molecule has 3 heteroatoms. The van der Waals surface area contributed by atoms with Gasteiger partial charge >= 0.3 is 0 Å². The van der Waals surface area contributed by atoms with Gasteiger partial charge in [-0.25, -0.2) is 8.78 Å². The highest BCUT2D eigenvalue weighted by molar-refractivity contribution is 5.76. The Bertz CT molecular complexity index is 488. The van der Waals surface area contributed by atoms with Crippen LogP contribution >= 0.6 is 0 Å². The lowest BCUT2D eigenvalue weighted by Gasteiger charge is -2.16. The first-order valence-corrected chi connectivity index (χ1v) is 5.35. The maximum Gasteiger partial charge on any atom is 0.165 e. The minimum atomic E-state index is -0.990. The van der Waals surface area contributed by atoms with E-state index >= 15 is 0 Å². The predicted molar refractivity (Wildman–Crippen MR) is 66.4 cm³/mol. The fourth-order valence-corrected chi connectivity index (χ4v) is 1.89. The highest BCUT2D eigenvalue weighted by Gasteiger charge is 2.20. The normalized spacial score (nSPS) is 11.2. The zero-order chi connectivity index (χ0) is 13.2. The highest BCUT2D eigenvalue weighted by Crippen LogP contribution is 2.31. The molecule has 0 atom stereocenters. The van der Waals surface area contributed by atoms with Gasteiger partial charge in [0.25, 0.3) is 0 Å². The van der Waals surface area contributed by atoms with Crippen molar-refractivity contribution in [2.24, 2.45) is 0 Å². The van der Waals surface area contributed by atoms with Gasteiger partial charge in [-0.05, 0) is 43.0 Å². The van der Waals surface area contributed by atoms with Crippen LogP contribution in [-0.2, 0) is 6.61 Å². The van der Waals surface area contributed by atoms with Gasteiger partial charge in [-0.2, -0.15) is 0 Å². The Morgan fingerprint density at radius 1 is 1.35 bits per heavy atom. The molecular formula is C14H16F2O. The summed E-state index contributed by atoms with van der Waals surface area (Å²) in [6, 6.07) is 0. The Kier molecular flexibility index (Phi) is 4.18. The minimum absolute atomic E-state index is 0.0336. The van der Waals surface area contributed by atoms with Crippen LogP contribution in [0, 0.1) is 18.6 Å². The van der Waals surface area contributed by atoms with Gasteiger partial charge in [-0.1, -0.05) is 18.7 Å². The number of allylic oxidation sites excluding steroid dienone is 2. The summed E-state index contributed by atoms with van der Waals surface area (Å²) in [5.41, 5.74) is 1.86. The fourth-order valence-electron chi connectivity index (χ4n) is 1.89. The van der Waals surface area contributed by atoms with E-state index in [1.165, 1.54) is 6.92 Å². The van der Waals surface area contributed by atoms with Crippen molar-refractivity contribution in [3.8, 4) is 0 Å². The second-order valence-electron chi connectivity index (χ2n) is 3.96. The Morgan fingerprint density at radius 2 is 1.94 bits per heavy atom. The lowest BCUT2D eigenvalue weighted by Crippen LogP contribution is -2.06. The molecule has 0 aromatic heterocycles. The van der Waals surface area contributed by atoms with E-state index in [9.17, 15) is 13.9 Å². The Morgan fingerprint density at radius 3 is 2.35 bits per heavy atom. The van der Waals surface area contributed by atoms with Gasteiger partial charge in [0.15, 0.2) is 11.6 Å². The number of rotatable bonds is 3. The van der Waals surface area contributed by atoms with Crippen molar-refractivity contribution in [2.45, 2.75) is 27.4 Å². The number of benzene rings is 1. The molecule has 0 saturated carbocycles. The molecule has 0 amide bonds. The summed E-state index contributed by atoms with van der Waals surface area (Å²) in [7, 11) is 0. The molecule has 1 aromatic carbocycles. The largest absolute Gasteiger partial charge is 0.392 e. The zero-order valence-corrected chi connectivity index (χ0v) is 10.3. The number of halogens is 2. The van der Waals surface area contributed by atoms with E-state index in [1.807, 2.05) is 0 Å². The molecule has 17 heavy (non-hydrogen) atoms. The van der Waals surface area contributed by atoms with Crippen LogP contribution < -0.4 is 0 Å². The number of aliphatic hydroxyl groups is 1. The van der Waals surface area contributed by atoms with E-state index < -0.39 is 18.2 Å². The van der Waals surface area contributed by atoms with E-state index in [0.29, 0.717) is 16.7 Å². The third kappa shape index (κ3) is 2.29. The molecule has 0 bridgehead atoms. The summed E-state index contributed by atoms with van der Waals surface area (Å²) in [4.78, 5) is 0. The van der Waals surface area contributed by atoms with E-state index in [2.05, 4.69) is 6.58 Å². The van der Waals surface area contributed by atoms with Crippen molar-refractivity contribution in [3.05, 3.63) is 46.5 Å². The Hall–Kier alpha value is -1.48. The molecule has 0 aliphatic heterocycles. The average molecular weight is 238 g/mol. The number of hydrogen-bond acceptors (Lipinski definition) is 1. The van der Waals surface area contributed by atoms with Crippen molar-refractivity contribution < 1.29 is 13.9 Å². The Balaban J connectivity index is 3.79. The summed E-state index contributed by atoms with van der Waals surface area (Å²) in [6.07, 6.45) is 3.44. The first kappa shape index (κ1) is 13.6. The molecule has 1 N–H and O–H groups in total. The molecule has 0 aliphatic rings. The summed E-state index contributed by atoms with van der Waals surface area (Å²) >= 11 is 0. The van der Waals surface area contributed by atoms with Crippen LogP contribution in [-0.4, -0.2) is 5.11 Å². The molecule has 92 valence electrons. The van der Waals surface area contributed by atoms with Gasteiger partial charge in [0.2, 0.25) is 0 Å². The molecule has 0 aliphatic carbocycles. The standard InChI is InChI=1S/C14H16F2O/c1-5-6-10-9(4)13(15)14(16)11(7-17)12(10)8(2)3/h5-6,17H,2,7H2,1,3-4H3/b6-5+. The second kappa shape index (κ2) is 5.23. The van der Waals surface area contributed by atoms with Crippen LogP contribution in [0.2, 0.25) is 0 Å². The number of hydrogen-bond donors (Lipinski definition) is 1. The van der Waals surface area contributed by atoms with E-state index in [4.69, 9.17) is 0 Å². The Labute approximate surface area is 100 Å². The van der Waals surface area contributed by atoms with E-state index in [0.717, 1.165) is 0 Å². The topological polar surface area (TPSA) is 20.2 Å². The van der Waals surface area contributed by atoms with Gasteiger partial charge < -0.3 is 5.11 Å². The molecule has 0 heterocycles. The van der Waals surface area contributed by atoms with Gasteiger partial charge in [-0.15, -0.1) is 0 Å². The zero-order valence-electron chi connectivity index (χ0n) is 10.3. The second-order valence-corrected chi connectivity index (χ2v) is 3.96. The van der Waals surface area contributed by atoms with E-state index in [1.54, 1.807) is 26.0 Å². The molecule has 0 spiro atoms. The van der Waals surface area contributed by atoms with Crippen molar-refractivity contribution in [1.29, 1.82) is 0 Å². The summed E-state index contributed by atoms with van der Waals surface area (Å²) in [5.74, 6) is -1.90. The SMILES string of the molecule is C=C(C)c1c(/C=C/C)c(C)c(F)c(F)c1CO. The average Bonchev–Trinajstić information content (AvgIpc) is 2.29. The molecule has 1 nitrogen and oxygen atoms in total. The van der Waals surface area contributed by atoms with Crippen molar-refractivity contribution in [1.82, 2.24) is 0 Å². The fraction of sp³-hybridized carbons (Fsp3) is 0.286. The molecular weight excluding hydrogens is 222 g/mol. The van der Waals surface area contributed by atoms with Gasteiger partial charge in [0, 0.05) is 5.56 Å². The maximum atomic E-state index is 13.7. The molecule has 0 fully saturated rings. The summed E-state index contributed by atoms with van der Waals surface area (Å²) in [6.45, 7) is 8.22. The quantitative estimate of drug-likeness (QED) is 0.848. The van der Waals surface area contributed by atoms with Crippen LogP contribution in [0.15, 0.2) is 12.7 Å². The summed E-state index contributed by atoms with van der Waals surface area (Å²) in [5, 5.41) is 9.18. The predicted octanol–water partition coefficient (Wildman–Crippen LogP) is 3.83. The molecule has 0 unspecified atom stereocenters. The number of aliphatic hydroxyl groups excluding tert-OH is 1. The monoisotopic (exact) mass is 238 g/mol. The van der Waals surface area contributed by atoms with Gasteiger partial charge in [0.1, 0.15) is 0 Å². The minimum Gasteiger partial charge on any atom is -0.392 e. The van der Waals surface area contributed by atoms with Gasteiger partial charge in [-0.3, -0.25) is 0 Å². The maximum absolute atomic E-state index is 13.7. The smallest absolute Gasteiger partial charge is 0.165 e.